The zero-order chi connectivity index (χ0) is 8.27. The number of carbonyl (C=O) groups is 1. The highest BCUT2D eigenvalue weighted by molar-refractivity contribution is 7.82. The molecule has 1 rings (SSSR count). The zero-order valence-corrected chi connectivity index (χ0v) is 7.32. The molecule has 5 heteroatoms. The van der Waals surface area contributed by atoms with E-state index in [9.17, 15) is 9.00 Å². The third-order valence-electron chi connectivity index (χ3n) is 1.73. The molecule has 1 atom stereocenters. The minimum atomic E-state index is -1.20. The van der Waals surface area contributed by atoms with Crippen LogP contribution >= 0.6 is 0 Å². The summed E-state index contributed by atoms with van der Waals surface area (Å²) in [6.07, 6.45) is 1.99. The summed E-state index contributed by atoms with van der Waals surface area (Å²) in [5.74, 6) is 0.405. The summed E-state index contributed by atoms with van der Waals surface area (Å²) in [6, 6.07) is 0. The maximum absolute atomic E-state index is 10.9. The van der Waals surface area contributed by atoms with Crippen molar-refractivity contribution in [2.24, 2.45) is 5.92 Å². The summed E-state index contributed by atoms with van der Waals surface area (Å²) in [4.78, 5) is 10.9. The highest BCUT2D eigenvalue weighted by Crippen LogP contribution is 2.01. The molecule has 0 spiro atoms. The highest BCUT2D eigenvalue weighted by Gasteiger charge is 2.24. The summed E-state index contributed by atoms with van der Waals surface area (Å²) in [6.45, 7) is 2.06. The number of amides is 1. The topological polar surface area (TPSA) is 62.8 Å². The van der Waals surface area contributed by atoms with E-state index in [1.54, 1.807) is 0 Å². The number of hydrogen-bond donors (Lipinski definition) is 2. The second-order valence-corrected chi connectivity index (χ2v) is 3.92. The molecule has 1 aliphatic heterocycles. The smallest absolute Gasteiger partial charge is 0.232 e. The molecule has 0 radical (unpaired) electrons. The van der Waals surface area contributed by atoms with Gasteiger partial charge in [0, 0.05) is 12.7 Å². The van der Waals surface area contributed by atoms with Crippen LogP contribution in [0.15, 0.2) is 0 Å². The third kappa shape index (κ3) is 2.98. The predicted molar refractivity (Wildman–Crippen MR) is 42.0 cm³/mol. The molecule has 0 aromatic heterocycles. The number of carbonyl (C=O) groups excluding carboxylic acids is 1. The molecule has 1 saturated heterocycles. The number of quaternary nitrogens is 1. The molecule has 11 heavy (non-hydrogen) atoms. The average molecular weight is 177 g/mol. The van der Waals surface area contributed by atoms with E-state index in [0.717, 1.165) is 13.1 Å². The molecule has 1 heterocycles. The molecule has 0 bridgehead atoms. The van der Waals surface area contributed by atoms with E-state index in [0.29, 0.717) is 12.3 Å². The number of nitrogens with two attached hydrogens (primary N) is 1. The monoisotopic (exact) mass is 177 g/mol. The number of rotatable bonds is 3. The molecular formula is C6H13N2O2S+. The summed E-state index contributed by atoms with van der Waals surface area (Å²) in [5.41, 5.74) is 0. The van der Waals surface area contributed by atoms with Gasteiger partial charge in [0.1, 0.15) is 11.0 Å². The molecule has 1 amide bonds. The minimum absolute atomic E-state index is 0.0936. The van der Waals surface area contributed by atoms with Gasteiger partial charge in [-0.1, -0.05) is 0 Å². The summed E-state index contributed by atoms with van der Waals surface area (Å²) < 4.78 is 12.9. The molecule has 1 unspecified atom stereocenters. The van der Waals surface area contributed by atoms with Gasteiger partial charge in [-0.05, 0) is 0 Å². The van der Waals surface area contributed by atoms with Crippen molar-refractivity contribution >= 4 is 16.9 Å². The Morgan fingerprint density at radius 3 is 2.73 bits per heavy atom. The van der Waals surface area contributed by atoms with Crippen molar-refractivity contribution in [2.75, 3.05) is 19.3 Å². The van der Waals surface area contributed by atoms with E-state index >= 15 is 0 Å². The average Bonchev–Trinajstić information content (AvgIpc) is 1.77. The van der Waals surface area contributed by atoms with Crippen LogP contribution in [-0.4, -0.2) is 29.5 Å². The maximum atomic E-state index is 10.9. The van der Waals surface area contributed by atoms with Crippen molar-refractivity contribution in [3.8, 4) is 0 Å². The fourth-order valence-electron chi connectivity index (χ4n) is 1.03. The minimum Gasteiger partial charge on any atom is -0.345 e. The van der Waals surface area contributed by atoms with Gasteiger partial charge in [-0.15, -0.1) is 0 Å². The van der Waals surface area contributed by atoms with E-state index in [2.05, 4.69) is 10.0 Å². The maximum Gasteiger partial charge on any atom is 0.232 e. The lowest BCUT2D eigenvalue weighted by molar-refractivity contribution is -0.722. The third-order valence-corrected chi connectivity index (χ3v) is 2.25. The first-order valence-corrected chi connectivity index (χ1v) is 5.19. The Balaban J connectivity index is 2.14. The molecule has 3 N–H and O–H groups in total. The van der Waals surface area contributed by atoms with E-state index in [-0.39, 0.29) is 5.91 Å². The first-order valence-electron chi connectivity index (χ1n) is 3.63. The first-order chi connectivity index (χ1) is 5.18. The van der Waals surface area contributed by atoms with Crippen molar-refractivity contribution in [1.82, 2.24) is 4.72 Å². The summed E-state index contributed by atoms with van der Waals surface area (Å²) in [7, 11) is -1.20. The Morgan fingerprint density at radius 1 is 1.73 bits per heavy atom. The SMILES string of the molecule is CS(=O)NC(=O)CC1C[NH2+]C1. The van der Waals surface area contributed by atoms with Gasteiger partial charge in [0.2, 0.25) is 5.91 Å². The van der Waals surface area contributed by atoms with Crippen LogP contribution in [0.1, 0.15) is 6.42 Å². The van der Waals surface area contributed by atoms with Crippen LogP contribution in [0.3, 0.4) is 0 Å². The first kappa shape index (κ1) is 8.67. The fraction of sp³-hybridized carbons (Fsp3) is 0.833. The summed E-state index contributed by atoms with van der Waals surface area (Å²) >= 11 is 0. The van der Waals surface area contributed by atoms with Crippen molar-refractivity contribution in [3.63, 3.8) is 0 Å². The molecule has 64 valence electrons. The molecular weight excluding hydrogens is 164 g/mol. The van der Waals surface area contributed by atoms with Crippen molar-refractivity contribution in [1.29, 1.82) is 0 Å². The summed E-state index contributed by atoms with van der Waals surface area (Å²) in [5, 5.41) is 2.15. The molecule has 0 saturated carbocycles. The van der Waals surface area contributed by atoms with E-state index < -0.39 is 11.0 Å². The Bertz CT molecular complexity index is 179. The van der Waals surface area contributed by atoms with Gasteiger partial charge in [0.15, 0.2) is 0 Å². The Morgan fingerprint density at radius 2 is 2.36 bits per heavy atom. The highest BCUT2D eigenvalue weighted by atomic mass is 32.2. The van der Waals surface area contributed by atoms with Gasteiger partial charge in [0.25, 0.3) is 0 Å². The second-order valence-electron chi connectivity index (χ2n) is 2.81. The van der Waals surface area contributed by atoms with Crippen LogP contribution < -0.4 is 10.0 Å². The molecule has 0 aromatic rings. The number of nitrogens with one attached hydrogen (secondary N) is 1. The van der Waals surface area contributed by atoms with Crippen LogP contribution in [0.5, 0.6) is 0 Å². The Hall–Kier alpha value is -0.420. The van der Waals surface area contributed by atoms with Crippen molar-refractivity contribution in [2.45, 2.75) is 6.42 Å². The van der Waals surface area contributed by atoms with Gasteiger partial charge in [-0.3, -0.25) is 9.52 Å². The molecule has 1 aliphatic rings. The van der Waals surface area contributed by atoms with Gasteiger partial charge >= 0.3 is 0 Å². The lowest BCUT2D eigenvalue weighted by Gasteiger charge is -2.21. The molecule has 1 fully saturated rings. The van der Waals surface area contributed by atoms with Crippen LogP contribution in [0.2, 0.25) is 0 Å². The van der Waals surface area contributed by atoms with Gasteiger partial charge in [-0.2, -0.15) is 0 Å². The zero-order valence-electron chi connectivity index (χ0n) is 6.50. The van der Waals surface area contributed by atoms with E-state index in [4.69, 9.17) is 0 Å². The largest absolute Gasteiger partial charge is 0.345 e. The van der Waals surface area contributed by atoms with Crippen molar-refractivity contribution in [3.05, 3.63) is 0 Å². The van der Waals surface area contributed by atoms with E-state index in [1.807, 2.05) is 0 Å². The number of hydrogen-bond acceptors (Lipinski definition) is 2. The lowest BCUT2D eigenvalue weighted by atomic mass is 9.99. The molecule has 4 nitrogen and oxygen atoms in total. The van der Waals surface area contributed by atoms with Gasteiger partial charge in [0.05, 0.1) is 19.0 Å². The van der Waals surface area contributed by atoms with Crippen molar-refractivity contribution < 1.29 is 14.3 Å². The van der Waals surface area contributed by atoms with Gasteiger partial charge < -0.3 is 5.32 Å². The predicted octanol–water partition coefficient (Wildman–Crippen LogP) is -2.02. The van der Waals surface area contributed by atoms with E-state index in [1.165, 1.54) is 6.26 Å². The van der Waals surface area contributed by atoms with Crippen LogP contribution in [-0.2, 0) is 15.8 Å². The lowest BCUT2D eigenvalue weighted by Crippen LogP contribution is -2.96. The van der Waals surface area contributed by atoms with Crippen LogP contribution in [0.4, 0.5) is 0 Å². The van der Waals surface area contributed by atoms with Crippen LogP contribution in [0, 0.1) is 5.92 Å². The standard InChI is InChI=1S/C6H12N2O2S/c1-11(10)8-6(9)2-5-3-7-4-5/h5,7H,2-4H2,1H3,(H,8,9)/p+1. The second kappa shape index (κ2) is 3.82. The van der Waals surface area contributed by atoms with Crippen LogP contribution in [0.25, 0.3) is 0 Å². The normalized spacial score (nSPS) is 20.5. The molecule has 0 aromatic carbocycles. The molecule has 0 aliphatic carbocycles. The quantitative estimate of drug-likeness (QED) is 0.523. The Labute approximate surface area is 68.3 Å². The Kier molecular flexibility index (Phi) is 3.02. The van der Waals surface area contributed by atoms with Gasteiger partial charge in [-0.25, -0.2) is 4.21 Å². The fourth-order valence-corrected chi connectivity index (χ4v) is 1.44.